The molecule has 1 saturated heterocycles. The third kappa shape index (κ3) is 7.50. The van der Waals surface area contributed by atoms with Crippen LogP contribution in [0, 0.1) is 5.92 Å². The lowest BCUT2D eigenvalue weighted by Crippen LogP contribution is -2.50. The number of rotatable bonds is 9. The number of halogens is 1. The number of methoxy groups -OCH3 is 1. The molecule has 0 aromatic heterocycles. The smallest absolute Gasteiger partial charge is 0.328 e. The van der Waals surface area contributed by atoms with E-state index in [2.05, 4.69) is 10.2 Å². The van der Waals surface area contributed by atoms with Gasteiger partial charge in [0.1, 0.15) is 19.3 Å². The Labute approximate surface area is 182 Å². The second kappa shape index (κ2) is 11.8. The van der Waals surface area contributed by atoms with Gasteiger partial charge >= 0.3 is 5.97 Å². The molecule has 1 N–H and O–H groups in total. The SMILES string of the molecule is COC(=O)C(CC(C)C)NC(=O)COCC(=O)N1CCN(c2cccc(Cl)c2)CC1. The van der Waals surface area contributed by atoms with Gasteiger partial charge in [-0.05, 0) is 30.5 Å². The first-order valence-corrected chi connectivity index (χ1v) is 10.4. The van der Waals surface area contributed by atoms with E-state index in [9.17, 15) is 14.4 Å². The lowest BCUT2D eigenvalue weighted by atomic mass is 10.0. The minimum absolute atomic E-state index is 0.166. The summed E-state index contributed by atoms with van der Waals surface area (Å²) in [4.78, 5) is 40.1. The second-order valence-electron chi connectivity index (χ2n) is 7.61. The van der Waals surface area contributed by atoms with Crippen LogP contribution in [0.4, 0.5) is 5.69 Å². The van der Waals surface area contributed by atoms with Crippen molar-refractivity contribution in [1.82, 2.24) is 10.2 Å². The summed E-state index contributed by atoms with van der Waals surface area (Å²) in [6, 6.07) is 6.91. The van der Waals surface area contributed by atoms with Gasteiger partial charge in [-0.3, -0.25) is 9.59 Å². The summed E-state index contributed by atoms with van der Waals surface area (Å²) in [5.41, 5.74) is 1.03. The Morgan fingerprint density at radius 2 is 1.83 bits per heavy atom. The number of piperazine rings is 1. The molecular weight excluding hydrogens is 410 g/mol. The molecule has 8 nitrogen and oxygen atoms in total. The zero-order chi connectivity index (χ0) is 22.1. The molecule has 2 rings (SSSR count). The van der Waals surface area contributed by atoms with E-state index in [-0.39, 0.29) is 25.0 Å². The van der Waals surface area contributed by atoms with Gasteiger partial charge in [0.25, 0.3) is 0 Å². The highest BCUT2D eigenvalue weighted by atomic mass is 35.5. The number of ether oxygens (including phenoxy) is 2. The maximum absolute atomic E-state index is 12.4. The number of carbonyl (C=O) groups excluding carboxylic acids is 3. The first-order valence-electron chi connectivity index (χ1n) is 10.0. The molecule has 9 heteroatoms. The largest absolute Gasteiger partial charge is 0.467 e. The van der Waals surface area contributed by atoms with E-state index in [1.807, 2.05) is 38.1 Å². The lowest BCUT2D eigenvalue weighted by Gasteiger charge is -2.36. The molecule has 2 amide bonds. The lowest BCUT2D eigenvalue weighted by molar-refractivity contribution is -0.147. The molecule has 1 heterocycles. The summed E-state index contributed by atoms with van der Waals surface area (Å²) in [5.74, 6) is -0.905. The van der Waals surface area contributed by atoms with E-state index >= 15 is 0 Å². The first-order chi connectivity index (χ1) is 14.3. The fourth-order valence-corrected chi connectivity index (χ4v) is 3.46. The molecule has 0 saturated carbocycles. The maximum Gasteiger partial charge on any atom is 0.328 e. The number of anilines is 1. The molecule has 1 atom stereocenters. The van der Waals surface area contributed by atoms with E-state index in [4.69, 9.17) is 21.1 Å². The van der Waals surface area contributed by atoms with Crippen molar-refractivity contribution in [1.29, 1.82) is 0 Å². The Hall–Kier alpha value is -2.32. The van der Waals surface area contributed by atoms with Crippen LogP contribution in [-0.2, 0) is 23.9 Å². The minimum Gasteiger partial charge on any atom is -0.467 e. The van der Waals surface area contributed by atoms with Gasteiger partial charge in [0.05, 0.1) is 7.11 Å². The summed E-state index contributed by atoms with van der Waals surface area (Å²) in [7, 11) is 1.28. The topological polar surface area (TPSA) is 88.2 Å². The molecule has 166 valence electrons. The highest BCUT2D eigenvalue weighted by Gasteiger charge is 2.24. The van der Waals surface area contributed by atoms with Crippen LogP contribution < -0.4 is 10.2 Å². The van der Waals surface area contributed by atoms with Crippen molar-refractivity contribution < 1.29 is 23.9 Å². The Balaban J connectivity index is 1.72. The van der Waals surface area contributed by atoms with Gasteiger partial charge < -0.3 is 24.6 Å². The third-order valence-corrected chi connectivity index (χ3v) is 5.03. The maximum atomic E-state index is 12.4. The molecule has 1 fully saturated rings. The quantitative estimate of drug-likeness (QED) is 0.589. The van der Waals surface area contributed by atoms with Gasteiger partial charge in [-0.25, -0.2) is 4.79 Å². The van der Waals surface area contributed by atoms with Crippen LogP contribution in [0.15, 0.2) is 24.3 Å². The molecule has 1 aliphatic rings. The summed E-state index contributed by atoms with van der Waals surface area (Å²) in [5, 5.41) is 3.28. The first kappa shape index (κ1) is 24.0. The number of carbonyl (C=O) groups is 3. The van der Waals surface area contributed by atoms with Crippen molar-refractivity contribution in [3.8, 4) is 0 Å². The van der Waals surface area contributed by atoms with Crippen molar-refractivity contribution in [2.24, 2.45) is 5.92 Å². The van der Waals surface area contributed by atoms with Crippen LogP contribution in [0.25, 0.3) is 0 Å². The van der Waals surface area contributed by atoms with Crippen molar-refractivity contribution in [2.75, 3.05) is 51.4 Å². The molecule has 0 aliphatic carbocycles. The number of benzene rings is 1. The third-order valence-electron chi connectivity index (χ3n) is 4.79. The van der Waals surface area contributed by atoms with Crippen molar-refractivity contribution in [2.45, 2.75) is 26.3 Å². The van der Waals surface area contributed by atoms with Crippen LogP contribution in [0.1, 0.15) is 20.3 Å². The average Bonchev–Trinajstić information content (AvgIpc) is 2.72. The molecule has 0 radical (unpaired) electrons. The van der Waals surface area contributed by atoms with E-state index in [1.165, 1.54) is 7.11 Å². The van der Waals surface area contributed by atoms with Crippen LogP contribution >= 0.6 is 11.6 Å². The molecule has 1 aliphatic heterocycles. The summed E-state index contributed by atoms with van der Waals surface area (Å²) < 4.78 is 9.99. The van der Waals surface area contributed by atoms with E-state index in [0.29, 0.717) is 37.6 Å². The zero-order valence-electron chi connectivity index (χ0n) is 17.7. The van der Waals surface area contributed by atoms with E-state index in [1.54, 1.807) is 4.90 Å². The number of hydrogen-bond acceptors (Lipinski definition) is 6. The second-order valence-corrected chi connectivity index (χ2v) is 8.05. The number of hydrogen-bond donors (Lipinski definition) is 1. The van der Waals surface area contributed by atoms with Gasteiger partial charge in [-0.15, -0.1) is 0 Å². The van der Waals surface area contributed by atoms with Crippen molar-refractivity contribution in [3.05, 3.63) is 29.3 Å². The van der Waals surface area contributed by atoms with Gasteiger partial charge in [0.2, 0.25) is 11.8 Å². The predicted octanol–water partition coefficient (Wildman–Crippen LogP) is 1.71. The van der Waals surface area contributed by atoms with Crippen molar-refractivity contribution >= 4 is 35.1 Å². The molecule has 0 spiro atoms. The number of nitrogens with one attached hydrogen (secondary N) is 1. The van der Waals surface area contributed by atoms with Crippen LogP contribution in [-0.4, -0.2) is 75.2 Å². The zero-order valence-corrected chi connectivity index (χ0v) is 18.5. The Bertz CT molecular complexity index is 735. The predicted molar refractivity (Wildman–Crippen MR) is 114 cm³/mol. The van der Waals surface area contributed by atoms with Crippen LogP contribution in [0.2, 0.25) is 5.02 Å². The molecule has 1 unspecified atom stereocenters. The number of amides is 2. The van der Waals surface area contributed by atoms with Gasteiger partial charge in [-0.1, -0.05) is 31.5 Å². The van der Waals surface area contributed by atoms with E-state index in [0.717, 1.165) is 5.69 Å². The summed E-state index contributed by atoms with van der Waals surface area (Å²) in [6.07, 6.45) is 0.467. The Morgan fingerprint density at radius 1 is 1.13 bits per heavy atom. The number of nitrogens with zero attached hydrogens (tertiary/aromatic N) is 2. The average molecular weight is 440 g/mol. The van der Waals surface area contributed by atoms with Gasteiger partial charge in [-0.2, -0.15) is 0 Å². The van der Waals surface area contributed by atoms with Crippen LogP contribution in [0.3, 0.4) is 0 Å². The molecule has 30 heavy (non-hydrogen) atoms. The van der Waals surface area contributed by atoms with Gasteiger partial charge in [0, 0.05) is 36.9 Å². The highest BCUT2D eigenvalue weighted by molar-refractivity contribution is 6.30. The fraction of sp³-hybridized carbons (Fsp3) is 0.571. The molecule has 1 aromatic rings. The molecule has 0 bridgehead atoms. The highest BCUT2D eigenvalue weighted by Crippen LogP contribution is 2.20. The van der Waals surface area contributed by atoms with E-state index < -0.39 is 17.9 Å². The number of esters is 1. The van der Waals surface area contributed by atoms with Crippen molar-refractivity contribution in [3.63, 3.8) is 0 Å². The molecular formula is C21H30ClN3O5. The minimum atomic E-state index is -0.721. The standard InChI is InChI=1S/C21H30ClN3O5/c1-15(2)11-18(21(28)29-3)23-19(26)13-30-14-20(27)25-9-7-24(8-10-25)17-6-4-5-16(22)12-17/h4-6,12,15,18H,7-11,13-14H2,1-3H3,(H,23,26). The van der Waals surface area contributed by atoms with Gasteiger partial charge in [0.15, 0.2) is 0 Å². The normalized spacial score (nSPS) is 15.1. The molecule has 1 aromatic carbocycles. The summed E-state index contributed by atoms with van der Waals surface area (Å²) >= 11 is 6.04. The summed E-state index contributed by atoms with van der Waals surface area (Å²) in [6.45, 7) is 5.95. The monoisotopic (exact) mass is 439 g/mol. The fourth-order valence-electron chi connectivity index (χ4n) is 3.27. The Kier molecular flexibility index (Phi) is 9.39. The van der Waals surface area contributed by atoms with Crippen LogP contribution in [0.5, 0.6) is 0 Å². The Morgan fingerprint density at radius 3 is 2.43 bits per heavy atom.